The molecule has 0 unspecified atom stereocenters. The normalized spacial score (nSPS) is 14.7. The van der Waals surface area contributed by atoms with Crippen molar-refractivity contribution in [3.63, 3.8) is 0 Å². The Hall–Kier alpha value is -1.76. The van der Waals surface area contributed by atoms with Gasteiger partial charge in [-0.25, -0.2) is 0 Å². The minimum absolute atomic E-state index is 0.855. The van der Waals surface area contributed by atoms with E-state index in [0.29, 0.717) is 0 Å². The number of allylic oxidation sites excluding steroid dienone is 10. The molecule has 1 heteroatoms. The van der Waals surface area contributed by atoms with Crippen LogP contribution in [0.2, 0.25) is 0 Å². The van der Waals surface area contributed by atoms with Gasteiger partial charge in [-0.1, -0.05) is 54.7 Å². The van der Waals surface area contributed by atoms with Crippen LogP contribution in [0, 0.1) is 0 Å². The van der Waals surface area contributed by atoms with E-state index in [-0.39, 0.29) is 0 Å². The Labute approximate surface area is 112 Å². The number of hydrogen-bond acceptors (Lipinski definition) is 1. The van der Waals surface area contributed by atoms with E-state index in [1.807, 2.05) is 32.9 Å². The summed E-state index contributed by atoms with van der Waals surface area (Å²) in [5.74, 6) is 0. The van der Waals surface area contributed by atoms with Gasteiger partial charge in [-0.3, -0.25) is 0 Å². The first kappa shape index (κ1) is 16.2. The van der Waals surface area contributed by atoms with Crippen LogP contribution in [-0.2, 0) is 0 Å². The average molecular weight is 243 g/mol. The molecule has 0 aromatic carbocycles. The third-order valence-corrected chi connectivity index (χ3v) is 2.57. The second-order valence-corrected chi connectivity index (χ2v) is 4.62. The van der Waals surface area contributed by atoms with Gasteiger partial charge in [0.05, 0.1) is 0 Å². The number of hydrogen-bond donors (Lipinski definition) is 1. The van der Waals surface area contributed by atoms with Crippen LogP contribution in [-0.4, -0.2) is 0 Å². The molecule has 0 amide bonds. The minimum Gasteiger partial charge on any atom is -0.402 e. The molecule has 0 bridgehead atoms. The second-order valence-electron chi connectivity index (χ2n) is 4.62. The summed E-state index contributed by atoms with van der Waals surface area (Å²) in [7, 11) is 0. The van der Waals surface area contributed by atoms with Crippen LogP contribution >= 0.6 is 0 Å². The number of nitrogens with two attached hydrogens (primary N) is 1. The van der Waals surface area contributed by atoms with Gasteiger partial charge in [-0.05, 0) is 45.3 Å². The lowest BCUT2D eigenvalue weighted by Crippen LogP contribution is -1.93. The summed E-state index contributed by atoms with van der Waals surface area (Å²) in [5, 5.41) is 0. The topological polar surface area (TPSA) is 26.0 Å². The molecule has 0 aliphatic rings. The maximum atomic E-state index is 5.70. The quantitative estimate of drug-likeness (QED) is 0.665. The van der Waals surface area contributed by atoms with Gasteiger partial charge in [0.1, 0.15) is 0 Å². The summed E-state index contributed by atoms with van der Waals surface area (Å²) >= 11 is 0. The highest BCUT2D eigenvalue weighted by Gasteiger charge is 1.91. The third-order valence-electron chi connectivity index (χ3n) is 2.57. The van der Waals surface area contributed by atoms with E-state index in [0.717, 1.165) is 23.3 Å². The van der Waals surface area contributed by atoms with Crippen LogP contribution in [0.5, 0.6) is 0 Å². The summed E-state index contributed by atoms with van der Waals surface area (Å²) in [4.78, 5) is 0. The Bertz CT molecular complexity index is 425. The summed E-state index contributed by atoms with van der Waals surface area (Å²) < 4.78 is 0. The molecule has 0 saturated heterocycles. The summed E-state index contributed by atoms with van der Waals surface area (Å²) in [6.07, 6.45) is 11.1. The molecule has 0 aliphatic carbocycles. The molecule has 0 heterocycles. The zero-order valence-corrected chi connectivity index (χ0v) is 12.1. The molecule has 18 heavy (non-hydrogen) atoms. The van der Waals surface area contributed by atoms with E-state index in [9.17, 15) is 0 Å². The van der Waals surface area contributed by atoms with Crippen molar-refractivity contribution in [2.24, 2.45) is 5.73 Å². The Morgan fingerprint density at radius 3 is 2.17 bits per heavy atom. The van der Waals surface area contributed by atoms with Crippen LogP contribution in [0.15, 0.2) is 71.5 Å². The van der Waals surface area contributed by atoms with Gasteiger partial charge in [0.25, 0.3) is 0 Å². The monoisotopic (exact) mass is 243 g/mol. The molecule has 2 N–H and O–H groups in total. The molecule has 0 aromatic rings. The molecule has 0 spiro atoms. The predicted octanol–water partition coefficient (Wildman–Crippen LogP) is 4.82. The average Bonchev–Trinajstić information content (AvgIpc) is 2.30. The fraction of sp³-hybridized carbons (Fsp3) is 0.294. The van der Waals surface area contributed by atoms with Crippen molar-refractivity contribution >= 4 is 0 Å². The highest BCUT2D eigenvalue weighted by Crippen LogP contribution is 2.10. The maximum absolute atomic E-state index is 5.70. The van der Waals surface area contributed by atoms with Gasteiger partial charge in [-0.2, -0.15) is 0 Å². The zero-order chi connectivity index (χ0) is 14.1. The summed E-state index contributed by atoms with van der Waals surface area (Å²) in [6, 6.07) is 0. The van der Waals surface area contributed by atoms with E-state index in [1.54, 1.807) is 0 Å². The van der Waals surface area contributed by atoms with E-state index < -0.39 is 0 Å². The summed E-state index contributed by atoms with van der Waals surface area (Å²) in [6.45, 7) is 15.7. The van der Waals surface area contributed by atoms with Gasteiger partial charge >= 0.3 is 0 Å². The lowest BCUT2D eigenvalue weighted by Gasteiger charge is -1.99. The zero-order valence-electron chi connectivity index (χ0n) is 12.1. The van der Waals surface area contributed by atoms with Gasteiger partial charge < -0.3 is 5.73 Å². The van der Waals surface area contributed by atoms with Crippen molar-refractivity contribution in [1.82, 2.24) is 0 Å². The van der Waals surface area contributed by atoms with Gasteiger partial charge in [0.15, 0.2) is 0 Å². The van der Waals surface area contributed by atoms with Crippen molar-refractivity contribution in [3.8, 4) is 0 Å². The van der Waals surface area contributed by atoms with E-state index in [2.05, 4.69) is 38.3 Å². The lowest BCUT2D eigenvalue weighted by molar-refractivity contribution is 1.23. The lowest BCUT2D eigenvalue weighted by atomic mass is 10.1. The third kappa shape index (κ3) is 7.50. The fourth-order valence-corrected chi connectivity index (χ4v) is 1.25. The molecule has 98 valence electrons. The predicted molar refractivity (Wildman–Crippen MR) is 83.2 cm³/mol. The largest absolute Gasteiger partial charge is 0.402 e. The van der Waals surface area contributed by atoms with Crippen LogP contribution in [0.3, 0.4) is 0 Å². The van der Waals surface area contributed by atoms with Crippen molar-refractivity contribution < 1.29 is 0 Å². The molecule has 1 nitrogen and oxygen atoms in total. The van der Waals surface area contributed by atoms with Crippen LogP contribution < -0.4 is 5.73 Å². The standard InChI is InChI=1S/C17H25N/c1-7-17(12-13(2)3)11-9-14(4)8-10-15(5)16(6)18/h7-10,12H,1-2,11,18H2,3-6H3/b10-8+,14-9-,16-15+,17-12-. The first-order chi connectivity index (χ1) is 8.36. The molecular weight excluding hydrogens is 218 g/mol. The Balaban J connectivity index is 4.67. The Morgan fingerprint density at radius 2 is 1.72 bits per heavy atom. The molecule has 0 fully saturated rings. The second kappa shape index (κ2) is 8.35. The van der Waals surface area contributed by atoms with Crippen LogP contribution in [0.1, 0.15) is 34.1 Å². The molecular formula is C17H25N. The molecule has 0 saturated carbocycles. The van der Waals surface area contributed by atoms with Gasteiger partial charge in [-0.15, -0.1) is 0 Å². The minimum atomic E-state index is 0.855. The van der Waals surface area contributed by atoms with Crippen molar-refractivity contribution in [1.29, 1.82) is 0 Å². The fourth-order valence-electron chi connectivity index (χ4n) is 1.25. The van der Waals surface area contributed by atoms with Crippen LogP contribution in [0.25, 0.3) is 0 Å². The smallest absolute Gasteiger partial charge is 0.00785 e. The molecule has 0 radical (unpaired) electrons. The van der Waals surface area contributed by atoms with Crippen molar-refractivity contribution in [3.05, 3.63) is 71.5 Å². The van der Waals surface area contributed by atoms with E-state index >= 15 is 0 Å². The maximum Gasteiger partial charge on any atom is 0.00785 e. The highest BCUT2D eigenvalue weighted by molar-refractivity contribution is 5.32. The Morgan fingerprint density at radius 1 is 1.11 bits per heavy atom. The Kier molecular flexibility index (Phi) is 7.53. The highest BCUT2D eigenvalue weighted by atomic mass is 14.5. The number of rotatable bonds is 6. The molecule has 0 aliphatic heterocycles. The van der Waals surface area contributed by atoms with Gasteiger partial charge in [0.2, 0.25) is 0 Å². The van der Waals surface area contributed by atoms with E-state index in [1.165, 1.54) is 11.1 Å². The van der Waals surface area contributed by atoms with Gasteiger partial charge in [0, 0.05) is 5.70 Å². The van der Waals surface area contributed by atoms with E-state index in [4.69, 9.17) is 5.73 Å². The molecule has 0 aromatic heterocycles. The van der Waals surface area contributed by atoms with Crippen molar-refractivity contribution in [2.45, 2.75) is 34.1 Å². The molecule has 0 atom stereocenters. The summed E-state index contributed by atoms with van der Waals surface area (Å²) in [5.41, 5.74) is 11.1. The first-order valence-electron chi connectivity index (χ1n) is 6.13. The van der Waals surface area contributed by atoms with Crippen LogP contribution in [0.4, 0.5) is 0 Å². The first-order valence-corrected chi connectivity index (χ1v) is 6.13. The van der Waals surface area contributed by atoms with Crippen molar-refractivity contribution in [2.75, 3.05) is 0 Å². The molecule has 0 rings (SSSR count). The SMILES string of the molecule is C=C/C(=C/C(=C)C)C\C=C(C)/C=C/C(C)=C(\C)N.